The first-order valence-corrected chi connectivity index (χ1v) is 15.2. The van der Waals surface area contributed by atoms with Crippen molar-refractivity contribution in [3.63, 3.8) is 0 Å². The van der Waals surface area contributed by atoms with Crippen molar-refractivity contribution in [2.45, 2.75) is 76.6 Å². The molecule has 1 aromatic carbocycles. The van der Waals surface area contributed by atoms with E-state index in [1.54, 1.807) is 6.08 Å². The summed E-state index contributed by atoms with van der Waals surface area (Å²) in [5, 5.41) is 2.88. The van der Waals surface area contributed by atoms with Crippen molar-refractivity contribution in [3.8, 4) is 0 Å². The van der Waals surface area contributed by atoms with Crippen LogP contribution in [-0.4, -0.2) is 47.3 Å². The van der Waals surface area contributed by atoms with Crippen molar-refractivity contribution < 1.29 is 26.6 Å². The lowest BCUT2D eigenvalue weighted by Gasteiger charge is -2.39. The van der Waals surface area contributed by atoms with Crippen molar-refractivity contribution in [2.75, 3.05) is 6.26 Å². The molecular formula is C22H35NO6SSi. The van der Waals surface area contributed by atoms with Gasteiger partial charge >= 0.3 is 6.09 Å². The van der Waals surface area contributed by atoms with Gasteiger partial charge in [-0.1, -0.05) is 63.3 Å². The van der Waals surface area contributed by atoms with Crippen LogP contribution in [0.15, 0.2) is 42.5 Å². The zero-order chi connectivity index (χ0) is 23.3. The number of carbonyl (C=O) groups is 1. The number of nitrogens with one attached hydrogen (secondary N) is 1. The lowest BCUT2D eigenvalue weighted by molar-refractivity contribution is 0.127. The molecule has 1 amide bonds. The van der Waals surface area contributed by atoms with Gasteiger partial charge in [-0.3, -0.25) is 4.18 Å². The molecule has 3 atom stereocenters. The van der Waals surface area contributed by atoms with E-state index >= 15 is 0 Å². The highest BCUT2D eigenvalue weighted by Crippen LogP contribution is 2.38. The Morgan fingerprint density at radius 3 is 2.26 bits per heavy atom. The molecule has 1 aliphatic carbocycles. The minimum atomic E-state index is -3.64. The topological polar surface area (TPSA) is 90.9 Å². The Kier molecular flexibility index (Phi) is 8.49. The fraction of sp³-hybridized carbons (Fsp3) is 0.591. The molecule has 2 rings (SSSR count). The van der Waals surface area contributed by atoms with Gasteiger partial charge in [0, 0.05) is 6.04 Å². The summed E-state index contributed by atoms with van der Waals surface area (Å²) in [6.07, 6.45) is 3.92. The van der Waals surface area contributed by atoms with Crippen LogP contribution in [0.3, 0.4) is 0 Å². The first-order valence-electron chi connectivity index (χ1n) is 10.5. The van der Waals surface area contributed by atoms with Crippen molar-refractivity contribution in [1.82, 2.24) is 5.32 Å². The van der Waals surface area contributed by atoms with Crippen LogP contribution in [0.4, 0.5) is 4.79 Å². The fourth-order valence-electron chi connectivity index (χ4n) is 3.05. The second-order valence-electron chi connectivity index (χ2n) is 9.51. The molecular weight excluding hydrogens is 434 g/mol. The maximum Gasteiger partial charge on any atom is 0.407 e. The van der Waals surface area contributed by atoms with Gasteiger partial charge in [0.1, 0.15) is 6.61 Å². The monoisotopic (exact) mass is 469 g/mol. The average Bonchev–Trinajstić information content (AvgIpc) is 2.79. The van der Waals surface area contributed by atoms with Gasteiger partial charge in [0.15, 0.2) is 8.32 Å². The number of hydrogen-bond donors (Lipinski definition) is 1. The van der Waals surface area contributed by atoms with Crippen LogP contribution in [0.5, 0.6) is 0 Å². The number of carbonyl (C=O) groups excluding carboxylic acids is 1. The van der Waals surface area contributed by atoms with Crippen LogP contribution in [0, 0.1) is 0 Å². The molecule has 0 unspecified atom stereocenters. The first-order chi connectivity index (χ1) is 14.2. The van der Waals surface area contributed by atoms with Gasteiger partial charge in [0.05, 0.1) is 18.5 Å². The van der Waals surface area contributed by atoms with Crippen LogP contribution >= 0.6 is 0 Å². The van der Waals surface area contributed by atoms with Crippen molar-refractivity contribution in [3.05, 3.63) is 48.0 Å². The zero-order valence-corrected chi connectivity index (χ0v) is 21.1. The lowest BCUT2D eigenvalue weighted by Crippen LogP contribution is -2.45. The molecule has 0 heterocycles. The minimum absolute atomic E-state index is 0.0212. The molecule has 0 fully saturated rings. The second kappa shape index (κ2) is 10.3. The largest absolute Gasteiger partial charge is 0.445 e. The Balaban J connectivity index is 2.08. The Bertz CT molecular complexity index is 864. The molecule has 0 bridgehead atoms. The van der Waals surface area contributed by atoms with Crippen LogP contribution in [0.25, 0.3) is 0 Å². The number of benzene rings is 1. The van der Waals surface area contributed by atoms with Crippen molar-refractivity contribution >= 4 is 24.5 Å². The fourth-order valence-corrected chi connectivity index (χ4v) is 4.93. The summed E-state index contributed by atoms with van der Waals surface area (Å²) in [4.78, 5) is 12.4. The molecule has 0 saturated heterocycles. The van der Waals surface area contributed by atoms with E-state index in [1.807, 2.05) is 36.4 Å². The molecule has 0 aliphatic heterocycles. The predicted molar refractivity (Wildman–Crippen MR) is 124 cm³/mol. The smallest absolute Gasteiger partial charge is 0.407 e. The molecule has 0 aromatic heterocycles. The van der Waals surface area contributed by atoms with E-state index in [0.29, 0.717) is 12.8 Å². The Hall–Kier alpha value is -1.68. The molecule has 1 N–H and O–H groups in total. The molecule has 0 saturated carbocycles. The van der Waals surface area contributed by atoms with Gasteiger partial charge in [-0.05, 0) is 36.5 Å². The zero-order valence-electron chi connectivity index (χ0n) is 19.3. The number of amides is 1. The van der Waals surface area contributed by atoms with E-state index in [1.165, 1.54) is 0 Å². The van der Waals surface area contributed by atoms with Crippen molar-refractivity contribution in [2.24, 2.45) is 0 Å². The van der Waals surface area contributed by atoms with Gasteiger partial charge in [-0.2, -0.15) is 8.42 Å². The van der Waals surface area contributed by atoms with E-state index in [4.69, 9.17) is 13.3 Å². The van der Waals surface area contributed by atoms with Gasteiger partial charge in [-0.25, -0.2) is 4.79 Å². The predicted octanol–water partition coefficient (Wildman–Crippen LogP) is 4.37. The van der Waals surface area contributed by atoms with E-state index in [2.05, 4.69) is 39.2 Å². The summed E-state index contributed by atoms with van der Waals surface area (Å²) in [7, 11) is -5.71. The summed E-state index contributed by atoms with van der Waals surface area (Å²) >= 11 is 0. The lowest BCUT2D eigenvalue weighted by atomic mass is 10.1. The van der Waals surface area contributed by atoms with E-state index in [0.717, 1.165) is 11.8 Å². The molecule has 0 spiro atoms. The Morgan fingerprint density at radius 2 is 1.68 bits per heavy atom. The normalized spacial score (nSPS) is 22.6. The Labute approximate surface area is 187 Å². The molecule has 174 valence electrons. The van der Waals surface area contributed by atoms with E-state index in [-0.39, 0.29) is 23.8 Å². The van der Waals surface area contributed by atoms with Gasteiger partial charge in [-0.15, -0.1) is 0 Å². The first kappa shape index (κ1) is 25.6. The second-order valence-corrected chi connectivity index (χ2v) is 15.9. The third-order valence-electron chi connectivity index (χ3n) is 5.66. The van der Waals surface area contributed by atoms with Crippen LogP contribution < -0.4 is 5.32 Å². The maximum absolute atomic E-state index is 12.4. The SMILES string of the molecule is CC(C)(C)[Si](C)(C)O[C@H]1C=C[C@@H](OS(C)(=O)=O)C[C@@H](NC(=O)OCc2ccccc2)C1. The summed E-state index contributed by atoms with van der Waals surface area (Å²) in [5.41, 5.74) is 0.887. The van der Waals surface area contributed by atoms with Crippen LogP contribution in [-0.2, 0) is 30.1 Å². The number of rotatable bonds is 7. The highest BCUT2D eigenvalue weighted by atomic mass is 32.2. The minimum Gasteiger partial charge on any atom is -0.445 e. The third kappa shape index (κ3) is 8.76. The molecule has 1 aliphatic rings. The highest BCUT2D eigenvalue weighted by Gasteiger charge is 2.40. The summed E-state index contributed by atoms with van der Waals surface area (Å²) in [6, 6.07) is 9.04. The number of alkyl carbamates (subject to hydrolysis) is 1. The van der Waals surface area contributed by atoms with Gasteiger partial charge in [0.2, 0.25) is 0 Å². The third-order valence-corrected chi connectivity index (χ3v) is 10.8. The molecule has 0 radical (unpaired) electrons. The number of hydrogen-bond acceptors (Lipinski definition) is 6. The highest BCUT2D eigenvalue weighted by molar-refractivity contribution is 7.86. The molecule has 9 heteroatoms. The van der Waals surface area contributed by atoms with Crippen LogP contribution in [0.1, 0.15) is 39.2 Å². The average molecular weight is 470 g/mol. The van der Waals surface area contributed by atoms with Gasteiger partial charge in [0.25, 0.3) is 10.1 Å². The van der Waals surface area contributed by atoms with Crippen LogP contribution in [0.2, 0.25) is 18.1 Å². The quantitative estimate of drug-likeness (QED) is 0.362. The van der Waals surface area contributed by atoms with E-state index in [9.17, 15) is 13.2 Å². The summed E-state index contributed by atoms with van der Waals surface area (Å²) in [6.45, 7) is 11.0. The summed E-state index contributed by atoms with van der Waals surface area (Å²) in [5.74, 6) is 0. The molecule has 31 heavy (non-hydrogen) atoms. The van der Waals surface area contributed by atoms with Gasteiger partial charge < -0.3 is 14.5 Å². The molecule has 1 aromatic rings. The van der Waals surface area contributed by atoms with Crippen molar-refractivity contribution in [1.29, 1.82) is 0 Å². The molecule has 7 nitrogen and oxygen atoms in total. The number of ether oxygens (including phenoxy) is 1. The summed E-state index contributed by atoms with van der Waals surface area (Å²) < 4.78 is 40.3. The maximum atomic E-state index is 12.4. The standard InChI is InChI=1S/C22H35NO6SSi/c1-22(2,3)31(5,6)29-20-13-12-19(28-30(4,25)26)14-18(15-20)23-21(24)27-16-17-10-8-7-9-11-17/h7-13,18-20H,14-16H2,1-6H3,(H,23,24)/t18-,19-,20+/m1/s1. The van der Waals surface area contributed by atoms with E-state index < -0.39 is 30.6 Å². The Morgan fingerprint density at radius 1 is 1.10 bits per heavy atom.